The predicted octanol–water partition coefficient (Wildman–Crippen LogP) is 0.205. The number of hydrogen-bond donors (Lipinski definition) is 2. The molecule has 0 aliphatic carbocycles. The zero-order chi connectivity index (χ0) is 10.8. The first-order chi connectivity index (χ1) is 7.18. The molecular weight excluding hydrogens is 214 g/mol. The summed E-state index contributed by atoms with van der Waals surface area (Å²) >= 11 is 5.83. The second-order valence-corrected chi connectivity index (χ2v) is 3.46. The van der Waals surface area contributed by atoms with Gasteiger partial charge in [0.1, 0.15) is 0 Å². The summed E-state index contributed by atoms with van der Waals surface area (Å²) in [6, 6.07) is 6.53. The Morgan fingerprint density at radius 2 is 2.13 bits per heavy atom. The highest BCUT2D eigenvalue weighted by molar-refractivity contribution is 6.60. The summed E-state index contributed by atoms with van der Waals surface area (Å²) in [5, 5.41) is 22.9. The molecule has 2 N–H and O–H groups in total. The third-order valence-corrected chi connectivity index (χ3v) is 2.26. The van der Waals surface area contributed by atoms with Gasteiger partial charge >= 0.3 is 7.12 Å². The lowest BCUT2D eigenvalue weighted by Gasteiger charge is -2.08. The number of rotatable bonds is 2. The van der Waals surface area contributed by atoms with Crippen molar-refractivity contribution in [3.63, 3.8) is 0 Å². The maximum absolute atomic E-state index is 9.17. The van der Waals surface area contributed by atoms with Gasteiger partial charge in [0.2, 0.25) is 0 Å². The van der Waals surface area contributed by atoms with Gasteiger partial charge in [-0.15, -0.1) is 0 Å². The van der Waals surface area contributed by atoms with Crippen molar-refractivity contribution in [3.05, 3.63) is 41.7 Å². The molecular formula is C9H8BClN2O2. The molecule has 1 heterocycles. The van der Waals surface area contributed by atoms with Crippen LogP contribution in [-0.4, -0.2) is 26.9 Å². The minimum absolute atomic E-state index is 0.364. The van der Waals surface area contributed by atoms with Gasteiger partial charge in [0, 0.05) is 22.9 Å². The maximum Gasteiger partial charge on any atom is 0.490 e. The van der Waals surface area contributed by atoms with E-state index in [1.807, 2.05) is 0 Å². The molecule has 0 bridgehead atoms. The zero-order valence-corrected chi connectivity index (χ0v) is 8.46. The largest absolute Gasteiger partial charge is 0.490 e. The van der Waals surface area contributed by atoms with Crippen molar-refractivity contribution < 1.29 is 10.0 Å². The fraction of sp³-hybridized carbons (Fsp3) is 0. The van der Waals surface area contributed by atoms with Gasteiger partial charge < -0.3 is 10.0 Å². The van der Waals surface area contributed by atoms with Crippen LogP contribution in [0.4, 0.5) is 0 Å². The minimum Gasteiger partial charge on any atom is -0.423 e. The van der Waals surface area contributed by atoms with Crippen LogP contribution in [-0.2, 0) is 0 Å². The molecule has 0 amide bonds. The molecule has 1 aromatic carbocycles. The molecule has 0 saturated heterocycles. The second kappa shape index (κ2) is 4.06. The first kappa shape index (κ1) is 10.2. The van der Waals surface area contributed by atoms with E-state index < -0.39 is 7.12 Å². The number of halogens is 1. The maximum atomic E-state index is 9.17. The second-order valence-electron chi connectivity index (χ2n) is 3.03. The predicted molar refractivity (Wildman–Crippen MR) is 58.4 cm³/mol. The average Bonchev–Trinajstić information content (AvgIpc) is 2.69. The van der Waals surface area contributed by atoms with E-state index in [9.17, 15) is 0 Å². The molecule has 0 aliphatic rings. The van der Waals surface area contributed by atoms with E-state index in [1.54, 1.807) is 36.7 Å². The number of hydrogen-bond acceptors (Lipinski definition) is 3. The zero-order valence-electron chi connectivity index (χ0n) is 7.71. The number of nitrogens with zero attached hydrogens (tertiary/aromatic N) is 2. The third kappa shape index (κ3) is 2.04. The van der Waals surface area contributed by atoms with E-state index in [0.717, 1.165) is 0 Å². The van der Waals surface area contributed by atoms with E-state index >= 15 is 0 Å². The first-order valence-corrected chi connectivity index (χ1v) is 4.72. The van der Waals surface area contributed by atoms with Crippen LogP contribution in [0.25, 0.3) is 5.69 Å². The van der Waals surface area contributed by atoms with Gasteiger partial charge in [-0.2, -0.15) is 5.10 Å². The summed E-state index contributed by atoms with van der Waals surface area (Å²) in [7, 11) is -1.54. The molecule has 0 fully saturated rings. The summed E-state index contributed by atoms with van der Waals surface area (Å²) < 4.78 is 1.53. The quantitative estimate of drug-likeness (QED) is 0.714. The van der Waals surface area contributed by atoms with Crippen LogP contribution in [0.5, 0.6) is 0 Å². The highest BCUT2D eigenvalue weighted by Crippen LogP contribution is 2.12. The lowest BCUT2D eigenvalue weighted by atomic mass is 9.79. The van der Waals surface area contributed by atoms with E-state index in [4.69, 9.17) is 21.6 Å². The molecule has 0 radical (unpaired) electrons. The Kier molecular flexibility index (Phi) is 2.77. The molecule has 0 saturated carbocycles. The van der Waals surface area contributed by atoms with Crippen molar-refractivity contribution in [2.24, 2.45) is 0 Å². The summed E-state index contributed by atoms with van der Waals surface area (Å²) in [5.41, 5.74) is 0.922. The van der Waals surface area contributed by atoms with Crippen molar-refractivity contribution >= 4 is 24.2 Å². The van der Waals surface area contributed by atoms with Gasteiger partial charge in [0.25, 0.3) is 0 Å². The third-order valence-electron chi connectivity index (χ3n) is 2.02. The Balaban J connectivity index is 2.58. The Bertz CT molecular complexity index is 459. The standard InChI is InChI=1S/C9H8BClN2O2/c11-7-2-3-8(10(14)15)9(6-7)13-5-1-4-12-13/h1-6,14-15H. The highest BCUT2D eigenvalue weighted by Gasteiger charge is 2.17. The summed E-state index contributed by atoms with van der Waals surface area (Å²) in [6.07, 6.45) is 3.31. The molecule has 1 aromatic heterocycles. The van der Waals surface area contributed by atoms with Crippen molar-refractivity contribution in [3.8, 4) is 5.69 Å². The van der Waals surface area contributed by atoms with E-state index in [1.165, 1.54) is 4.68 Å². The molecule has 2 aromatic rings. The SMILES string of the molecule is OB(O)c1ccc(Cl)cc1-n1cccn1. The van der Waals surface area contributed by atoms with Crippen LogP contribution < -0.4 is 5.46 Å². The van der Waals surface area contributed by atoms with E-state index in [-0.39, 0.29) is 0 Å². The van der Waals surface area contributed by atoms with Crippen LogP contribution in [0.2, 0.25) is 5.02 Å². The molecule has 2 rings (SSSR count). The van der Waals surface area contributed by atoms with Gasteiger partial charge in [0.05, 0.1) is 5.69 Å². The van der Waals surface area contributed by atoms with Crippen molar-refractivity contribution in [2.45, 2.75) is 0 Å². The Labute approximate surface area is 91.9 Å². The van der Waals surface area contributed by atoms with Crippen LogP contribution in [0.3, 0.4) is 0 Å². The van der Waals surface area contributed by atoms with Gasteiger partial charge in [-0.05, 0) is 18.2 Å². The lowest BCUT2D eigenvalue weighted by Crippen LogP contribution is -2.33. The molecule has 76 valence electrons. The smallest absolute Gasteiger partial charge is 0.423 e. The van der Waals surface area contributed by atoms with E-state index in [2.05, 4.69) is 5.10 Å². The Morgan fingerprint density at radius 3 is 2.73 bits per heavy atom. The van der Waals surface area contributed by atoms with Gasteiger partial charge in [-0.25, -0.2) is 4.68 Å². The molecule has 0 spiro atoms. The fourth-order valence-corrected chi connectivity index (χ4v) is 1.51. The Hall–Kier alpha value is -1.30. The first-order valence-electron chi connectivity index (χ1n) is 4.34. The van der Waals surface area contributed by atoms with Crippen molar-refractivity contribution in [1.29, 1.82) is 0 Å². The summed E-state index contributed by atoms with van der Waals surface area (Å²) in [4.78, 5) is 0. The van der Waals surface area contributed by atoms with Crippen LogP contribution >= 0.6 is 11.6 Å². The fourth-order valence-electron chi connectivity index (χ4n) is 1.34. The minimum atomic E-state index is -1.54. The van der Waals surface area contributed by atoms with Crippen molar-refractivity contribution in [1.82, 2.24) is 9.78 Å². The highest BCUT2D eigenvalue weighted by atomic mass is 35.5. The van der Waals surface area contributed by atoms with Gasteiger partial charge in [-0.3, -0.25) is 0 Å². The van der Waals surface area contributed by atoms with Crippen LogP contribution in [0.1, 0.15) is 0 Å². The lowest BCUT2D eigenvalue weighted by molar-refractivity contribution is 0.425. The average molecular weight is 222 g/mol. The molecule has 6 heteroatoms. The molecule has 0 aliphatic heterocycles. The Morgan fingerprint density at radius 1 is 1.33 bits per heavy atom. The summed E-state index contributed by atoms with van der Waals surface area (Å²) in [5.74, 6) is 0. The monoisotopic (exact) mass is 222 g/mol. The van der Waals surface area contributed by atoms with Crippen molar-refractivity contribution in [2.75, 3.05) is 0 Å². The van der Waals surface area contributed by atoms with E-state index in [0.29, 0.717) is 16.2 Å². The van der Waals surface area contributed by atoms with Gasteiger partial charge in [0.15, 0.2) is 0 Å². The number of benzene rings is 1. The van der Waals surface area contributed by atoms with Crippen LogP contribution in [0.15, 0.2) is 36.7 Å². The van der Waals surface area contributed by atoms with Crippen LogP contribution in [0, 0.1) is 0 Å². The van der Waals surface area contributed by atoms with Gasteiger partial charge in [-0.1, -0.05) is 17.7 Å². The topological polar surface area (TPSA) is 58.3 Å². The molecule has 4 nitrogen and oxygen atoms in total. The molecule has 15 heavy (non-hydrogen) atoms. The normalized spacial score (nSPS) is 10.3. The molecule has 0 atom stereocenters. The summed E-state index contributed by atoms with van der Waals surface area (Å²) in [6.45, 7) is 0. The number of aromatic nitrogens is 2. The molecule has 0 unspecified atom stereocenters.